The summed E-state index contributed by atoms with van der Waals surface area (Å²) in [6.45, 7) is 9.75. The van der Waals surface area contributed by atoms with E-state index in [0.29, 0.717) is 6.04 Å². The van der Waals surface area contributed by atoms with Gasteiger partial charge in [-0.2, -0.15) is 5.10 Å². The van der Waals surface area contributed by atoms with E-state index in [2.05, 4.69) is 40.1 Å². The van der Waals surface area contributed by atoms with Crippen LogP contribution in [0.3, 0.4) is 0 Å². The molecule has 6 heteroatoms. The Hall–Kier alpha value is -2.89. The third-order valence-electron chi connectivity index (χ3n) is 6.03. The van der Waals surface area contributed by atoms with Crippen LogP contribution in [0.2, 0.25) is 0 Å². The first-order valence-corrected chi connectivity index (χ1v) is 10.3. The Balaban J connectivity index is 1.42. The fourth-order valence-electron chi connectivity index (χ4n) is 4.75. The van der Waals surface area contributed by atoms with Crippen LogP contribution in [0.5, 0.6) is 0 Å². The molecule has 3 aromatic rings. The molecule has 0 aliphatic carbocycles. The molecule has 2 aromatic heterocycles. The van der Waals surface area contributed by atoms with Crippen LogP contribution >= 0.6 is 0 Å². The second-order valence-electron chi connectivity index (χ2n) is 9.65. The molecule has 1 aromatic carbocycles. The van der Waals surface area contributed by atoms with Crippen LogP contribution < -0.4 is 5.32 Å². The molecule has 6 nitrogen and oxygen atoms in total. The third-order valence-corrected chi connectivity index (χ3v) is 6.03. The fraction of sp³-hybridized carbons (Fsp3) is 0.435. The largest absolute Gasteiger partial charge is 0.333 e. The number of hydrogen-bond acceptors (Lipinski definition) is 3. The average molecular weight is 390 g/mol. The fourth-order valence-corrected chi connectivity index (χ4v) is 4.75. The van der Waals surface area contributed by atoms with Crippen LogP contribution in [-0.2, 0) is 5.41 Å². The molecule has 0 radical (unpaired) electrons. The van der Waals surface area contributed by atoms with Crippen molar-refractivity contribution in [2.75, 3.05) is 13.1 Å². The number of nitrogens with zero attached hydrogens (tertiary/aromatic N) is 4. The summed E-state index contributed by atoms with van der Waals surface area (Å²) in [6, 6.07) is 12.8. The molecule has 29 heavy (non-hydrogen) atoms. The predicted molar refractivity (Wildman–Crippen MR) is 114 cm³/mol. The molecule has 4 heterocycles. The van der Waals surface area contributed by atoms with E-state index in [4.69, 9.17) is 5.10 Å². The monoisotopic (exact) mass is 389 g/mol. The predicted octanol–water partition coefficient (Wildman–Crippen LogP) is 4.12. The number of carbonyl (C=O) groups is 1. The van der Waals surface area contributed by atoms with Gasteiger partial charge in [-0.3, -0.25) is 9.67 Å². The van der Waals surface area contributed by atoms with Crippen LogP contribution in [-0.4, -0.2) is 44.3 Å². The van der Waals surface area contributed by atoms with Crippen molar-refractivity contribution in [2.45, 2.75) is 51.1 Å². The van der Waals surface area contributed by atoms with Gasteiger partial charge in [0.1, 0.15) is 0 Å². The molecule has 2 amide bonds. The standard InChI is InChI=1S/C23H27N5O/c1-15-11-23(13-27(14-23)21(29)25-22(2,3)4)20-10-19(26-28(15)20)17-9-16-7-5-6-8-18(16)24-12-17/h5-10,12,15H,11,13-14H2,1-4H3,(H,25,29)/t15-/m1/s1. The zero-order valence-electron chi connectivity index (χ0n) is 17.4. The molecule has 2 aliphatic heterocycles. The van der Waals surface area contributed by atoms with Crippen LogP contribution in [0.1, 0.15) is 45.9 Å². The SMILES string of the molecule is C[C@@H]1CC2(CN(C(=O)NC(C)(C)C)C2)c2cc(-c3cnc4ccccc4c3)nn21. The number of likely N-dealkylation sites (tertiary alicyclic amines) is 1. The highest BCUT2D eigenvalue weighted by Crippen LogP contribution is 2.48. The third kappa shape index (κ3) is 2.98. The number of nitrogens with one attached hydrogen (secondary N) is 1. The van der Waals surface area contributed by atoms with Crippen LogP contribution in [0, 0.1) is 0 Å². The molecular formula is C23H27N5O. The molecule has 1 fully saturated rings. The lowest BCUT2D eigenvalue weighted by Gasteiger charge is -2.48. The van der Waals surface area contributed by atoms with Crippen molar-refractivity contribution in [2.24, 2.45) is 0 Å². The van der Waals surface area contributed by atoms with E-state index in [1.165, 1.54) is 5.69 Å². The minimum Gasteiger partial charge on any atom is -0.333 e. The second-order valence-corrected chi connectivity index (χ2v) is 9.65. The summed E-state index contributed by atoms with van der Waals surface area (Å²) >= 11 is 0. The van der Waals surface area contributed by atoms with E-state index in [0.717, 1.165) is 41.7 Å². The molecule has 150 valence electrons. The van der Waals surface area contributed by atoms with E-state index < -0.39 is 0 Å². The van der Waals surface area contributed by atoms with E-state index in [-0.39, 0.29) is 17.0 Å². The molecule has 2 aliphatic rings. The first kappa shape index (κ1) is 18.2. The summed E-state index contributed by atoms with van der Waals surface area (Å²) in [5.41, 5.74) is 4.03. The summed E-state index contributed by atoms with van der Waals surface area (Å²) in [7, 11) is 0. The Kier molecular flexibility index (Phi) is 3.79. The Morgan fingerprint density at radius 3 is 2.72 bits per heavy atom. The molecule has 5 rings (SSSR count). The zero-order valence-corrected chi connectivity index (χ0v) is 17.4. The van der Waals surface area contributed by atoms with E-state index in [9.17, 15) is 4.79 Å². The molecule has 1 N–H and O–H groups in total. The average Bonchev–Trinajstić information content (AvgIpc) is 3.18. The van der Waals surface area contributed by atoms with Crippen molar-refractivity contribution in [3.63, 3.8) is 0 Å². The number of urea groups is 1. The molecule has 1 spiro atoms. The lowest BCUT2D eigenvalue weighted by molar-refractivity contribution is 0.0855. The number of carbonyl (C=O) groups excluding carboxylic acids is 1. The molecule has 1 atom stereocenters. The maximum Gasteiger partial charge on any atom is 0.317 e. The number of benzene rings is 1. The van der Waals surface area contributed by atoms with Gasteiger partial charge in [0.2, 0.25) is 0 Å². The molecule has 0 unspecified atom stereocenters. The number of fused-ring (bicyclic) bond motifs is 3. The Labute approximate surface area is 170 Å². The molecule has 1 saturated heterocycles. The highest BCUT2D eigenvalue weighted by Gasteiger charge is 2.53. The normalized spacial score (nSPS) is 20.0. The summed E-state index contributed by atoms with van der Waals surface area (Å²) in [6.07, 6.45) is 2.94. The Bertz CT molecular complexity index is 1100. The minimum absolute atomic E-state index is 0.0180. The van der Waals surface area contributed by atoms with Gasteiger partial charge in [-0.05, 0) is 52.3 Å². The number of aromatic nitrogens is 3. The number of pyridine rings is 1. The molecule has 0 saturated carbocycles. The van der Waals surface area contributed by atoms with E-state index in [1.54, 1.807) is 0 Å². The van der Waals surface area contributed by atoms with Crippen LogP contribution in [0.4, 0.5) is 4.79 Å². The van der Waals surface area contributed by atoms with Gasteiger partial charge in [0, 0.05) is 46.9 Å². The summed E-state index contributed by atoms with van der Waals surface area (Å²) < 4.78 is 2.16. The summed E-state index contributed by atoms with van der Waals surface area (Å²) in [5, 5.41) is 9.10. The first-order chi connectivity index (χ1) is 13.7. The topological polar surface area (TPSA) is 63.1 Å². The van der Waals surface area contributed by atoms with E-state index >= 15 is 0 Å². The van der Waals surface area contributed by atoms with Crippen molar-refractivity contribution in [1.29, 1.82) is 0 Å². The van der Waals surface area contributed by atoms with Crippen molar-refractivity contribution in [3.8, 4) is 11.3 Å². The van der Waals surface area contributed by atoms with Gasteiger partial charge < -0.3 is 10.2 Å². The lowest BCUT2D eigenvalue weighted by Crippen LogP contribution is -2.64. The highest BCUT2D eigenvalue weighted by molar-refractivity contribution is 5.83. The number of amides is 2. The molecular weight excluding hydrogens is 362 g/mol. The maximum atomic E-state index is 12.5. The zero-order chi connectivity index (χ0) is 20.4. The lowest BCUT2D eigenvalue weighted by atomic mass is 9.75. The highest BCUT2D eigenvalue weighted by atomic mass is 16.2. The van der Waals surface area contributed by atoms with Crippen molar-refractivity contribution < 1.29 is 4.79 Å². The number of rotatable bonds is 1. The van der Waals surface area contributed by atoms with Crippen molar-refractivity contribution >= 4 is 16.9 Å². The van der Waals surface area contributed by atoms with Crippen LogP contribution in [0.15, 0.2) is 42.6 Å². The van der Waals surface area contributed by atoms with Gasteiger partial charge in [0.25, 0.3) is 0 Å². The number of para-hydroxylation sites is 1. The minimum atomic E-state index is -0.221. The van der Waals surface area contributed by atoms with Gasteiger partial charge in [-0.1, -0.05) is 18.2 Å². The Morgan fingerprint density at radius 2 is 1.97 bits per heavy atom. The number of hydrogen-bond donors (Lipinski definition) is 1. The Morgan fingerprint density at radius 1 is 1.21 bits per heavy atom. The second kappa shape index (κ2) is 6.05. The quantitative estimate of drug-likeness (QED) is 0.681. The summed E-state index contributed by atoms with van der Waals surface area (Å²) in [5.74, 6) is 0. The van der Waals surface area contributed by atoms with Gasteiger partial charge >= 0.3 is 6.03 Å². The smallest absolute Gasteiger partial charge is 0.317 e. The van der Waals surface area contributed by atoms with Crippen LogP contribution in [0.25, 0.3) is 22.2 Å². The molecule has 0 bridgehead atoms. The maximum absolute atomic E-state index is 12.5. The first-order valence-electron chi connectivity index (χ1n) is 10.3. The van der Waals surface area contributed by atoms with Crippen molar-refractivity contribution in [1.82, 2.24) is 25.0 Å². The van der Waals surface area contributed by atoms with Gasteiger partial charge in [-0.25, -0.2) is 4.79 Å². The van der Waals surface area contributed by atoms with Crippen molar-refractivity contribution in [3.05, 3.63) is 48.3 Å². The van der Waals surface area contributed by atoms with Gasteiger partial charge in [0.15, 0.2) is 0 Å². The van der Waals surface area contributed by atoms with Gasteiger partial charge in [-0.15, -0.1) is 0 Å². The summed E-state index contributed by atoms with van der Waals surface area (Å²) in [4.78, 5) is 19.0. The van der Waals surface area contributed by atoms with Gasteiger partial charge in [0.05, 0.1) is 17.3 Å². The van der Waals surface area contributed by atoms with E-state index in [1.807, 2.05) is 50.1 Å².